The van der Waals surface area contributed by atoms with Gasteiger partial charge in [-0.05, 0) is 6.92 Å². The predicted octanol–water partition coefficient (Wildman–Crippen LogP) is 3.24. The summed E-state index contributed by atoms with van der Waals surface area (Å²) in [6, 6.07) is 7.61. The fourth-order valence-corrected chi connectivity index (χ4v) is 1.63. The molecule has 0 saturated carbocycles. The molecule has 1 aromatic rings. The summed E-state index contributed by atoms with van der Waals surface area (Å²) in [7, 11) is 0. The average Bonchev–Trinajstić information content (AvgIpc) is 2.38. The largest absolute Gasteiger partial charge is 0.511 e. The Balaban J connectivity index is 3.10. The Labute approximate surface area is 118 Å². The van der Waals surface area contributed by atoms with Crippen LogP contribution in [0.25, 0.3) is 0 Å². The topological polar surface area (TPSA) is 78.2 Å². The van der Waals surface area contributed by atoms with Crippen LogP contribution in [0.15, 0.2) is 41.7 Å². The Bertz CT molecular complexity index is 604. The zero-order valence-corrected chi connectivity index (χ0v) is 11.0. The molecule has 21 heavy (non-hydrogen) atoms. The number of hydrogen-bond acceptors (Lipinski definition) is 4. The number of halogens is 3. The van der Waals surface area contributed by atoms with E-state index in [9.17, 15) is 27.9 Å². The highest BCUT2D eigenvalue weighted by Crippen LogP contribution is 2.24. The van der Waals surface area contributed by atoms with E-state index in [1.807, 2.05) is 0 Å². The summed E-state index contributed by atoms with van der Waals surface area (Å²) in [5.41, 5.74) is -2.97. The molecule has 7 heteroatoms. The van der Waals surface area contributed by atoms with Crippen molar-refractivity contribution in [3.05, 3.63) is 47.2 Å². The lowest BCUT2D eigenvalue weighted by atomic mass is 10.00. The van der Waals surface area contributed by atoms with Crippen LogP contribution in [0.2, 0.25) is 0 Å². The lowest BCUT2D eigenvalue weighted by Gasteiger charge is -2.12. The van der Waals surface area contributed by atoms with Crippen molar-refractivity contribution in [2.75, 3.05) is 0 Å². The van der Waals surface area contributed by atoms with Crippen LogP contribution in [0.1, 0.15) is 23.7 Å². The molecule has 0 saturated heterocycles. The molecule has 2 N–H and O–H groups in total. The number of Topliss-reactive ketones (excluding diaryl/α,β-unsaturated/α-hetero) is 2. The Kier molecular flexibility index (Phi) is 5.02. The first-order valence-electron chi connectivity index (χ1n) is 5.82. The Morgan fingerprint density at radius 1 is 1.19 bits per heavy atom. The molecule has 1 aromatic carbocycles. The third-order valence-corrected chi connectivity index (χ3v) is 2.60. The smallest absolute Gasteiger partial charge is 0.433 e. The average molecular weight is 299 g/mol. The van der Waals surface area contributed by atoms with Gasteiger partial charge in [0, 0.05) is 5.56 Å². The maximum Gasteiger partial charge on any atom is 0.433 e. The molecule has 0 unspecified atom stereocenters. The Morgan fingerprint density at radius 3 is 2.14 bits per heavy atom. The highest BCUT2D eigenvalue weighted by molar-refractivity contribution is 6.23. The number of alkyl halides is 3. The van der Waals surface area contributed by atoms with Gasteiger partial charge in [-0.1, -0.05) is 30.3 Å². The molecule has 0 radical (unpaired) electrons. The van der Waals surface area contributed by atoms with Gasteiger partial charge in [0.15, 0.2) is 11.6 Å². The van der Waals surface area contributed by atoms with Gasteiger partial charge in [0.05, 0.1) is 12.0 Å². The quantitative estimate of drug-likeness (QED) is 0.379. The second-order valence-electron chi connectivity index (χ2n) is 4.22. The summed E-state index contributed by atoms with van der Waals surface area (Å²) in [5.74, 6) is -2.84. The molecule has 0 atom stereocenters. The fraction of sp³-hybridized carbons (Fsp3) is 0.214. The summed E-state index contributed by atoms with van der Waals surface area (Å²) in [6.07, 6.45) is -5.86. The molecule has 0 heterocycles. The van der Waals surface area contributed by atoms with Crippen LogP contribution in [0.5, 0.6) is 0 Å². The second kappa shape index (κ2) is 6.34. The standard InChI is InChI=1S/C14H12F3NO3/c1-8(19)12(13(18)14(15,16)17)11(21)7-10(20)9-5-3-2-4-6-9/h2-6,18,21H,7H2,1H3/b12-11-,18-13?. The number of allylic oxidation sites excluding steroid dienone is 2. The molecule has 0 spiro atoms. The van der Waals surface area contributed by atoms with Crippen LogP contribution in [0.3, 0.4) is 0 Å². The highest BCUT2D eigenvalue weighted by atomic mass is 19.4. The van der Waals surface area contributed by atoms with Crippen molar-refractivity contribution in [3.63, 3.8) is 0 Å². The number of carbonyl (C=O) groups is 2. The minimum Gasteiger partial charge on any atom is -0.511 e. The van der Waals surface area contributed by atoms with Crippen LogP contribution >= 0.6 is 0 Å². The fourth-order valence-electron chi connectivity index (χ4n) is 1.63. The van der Waals surface area contributed by atoms with E-state index in [4.69, 9.17) is 5.41 Å². The molecule has 4 nitrogen and oxygen atoms in total. The van der Waals surface area contributed by atoms with Crippen LogP contribution in [-0.2, 0) is 4.79 Å². The normalized spacial score (nSPS) is 12.6. The monoisotopic (exact) mass is 299 g/mol. The van der Waals surface area contributed by atoms with Crippen LogP contribution < -0.4 is 0 Å². The highest BCUT2D eigenvalue weighted by Gasteiger charge is 2.39. The molecular weight excluding hydrogens is 287 g/mol. The third kappa shape index (κ3) is 4.27. The van der Waals surface area contributed by atoms with E-state index in [0.717, 1.165) is 6.92 Å². The summed E-state index contributed by atoms with van der Waals surface area (Å²) in [5, 5.41) is 16.6. The zero-order chi connectivity index (χ0) is 16.2. The second-order valence-corrected chi connectivity index (χ2v) is 4.22. The minimum absolute atomic E-state index is 0.186. The number of aliphatic hydroxyl groups is 1. The van der Waals surface area contributed by atoms with E-state index in [1.165, 1.54) is 12.1 Å². The van der Waals surface area contributed by atoms with E-state index in [-0.39, 0.29) is 5.56 Å². The van der Waals surface area contributed by atoms with Gasteiger partial charge in [-0.25, -0.2) is 0 Å². The van der Waals surface area contributed by atoms with Crippen molar-refractivity contribution in [2.24, 2.45) is 0 Å². The zero-order valence-electron chi connectivity index (χ0n) is 11.0. The lowest BCUT2D eigenvalue weighted by Crippen LogP contribution is -2.28. The number of nitrogens with one attached hydrogen (secondary N) is 1. The summed E-state index contributed by atoms with van der Waals surface area (Å²) in [6.45, 7) is 0.791. The van der Waals surface area contributed by atoms with E-state index in [0.29, 0.717) is 0 Å². The van der Waals surface area contributed by atoms with Gasteiger partial charge in [0.2, 0.25) is 0 Å². The van der Waals surface area contributed by atoms with E-state index in [2.05, 4.69) is 0 Å². The number of aliphatic hydroxyl groups excluding tert-OH is 1. The molecule has 0 aliphatic carbocycles. The number of rotatable bonds is 5. The number of hydrogen-bond donors (Lipinski definition) is 2. The summed E-state index contributed by atoms with van der Waals surface area (Å²) < 4.78 is 37.4. The first-order valence-corrected chi connectivity index (χ1v) is 5.82. The predicted molar refractivity (Wildman–Crippen MR) is 69.5 cm³/mol. The molecule has 1 rings (SSSR count). The lowest BCUT2D eigenvalue weighted by molar-refractivity contribution is -0.114. The van der Waals surface area contributed by atoms with Gasteiger partial charge in [0.25, 0.3) is 0 Å². The summed E-state index contributed by atoms with van der Waals surface area (Å²) in [4.78, 5) is 23.0. The third-order valence-electron chi connectivity index (χ3n) is 2.60. The van der Waals surface area contributed by atoms with Gasteiger partial charge >= 0.3 is 6.18 Å². The van der Waals surface area contributed by atoms with Crippen molar-refractivity contribution < 1.29 is 27.9 Å². The summed E-state index contributed by atoms with van der Waals surface area (Å²) >= 11 is 0. The van der Waals surface area contributed by atoms with E-state index < -0.39 is 41.2 Å². The number of ketones is 2. The van der Waals surface area contributed by atoms with Gasteiger partial charge < -0.3 is 5.11 Å². The van der Waals surface area contributed by atoms with Gasteiger partial charge in [-0.15, -0.1) is 0 Å². The van der Waals surface area contributed by atoms with Gasteiger partial charge in [-0.3, -0.25) is 15.0 Å². The Morgan fingerprint density at radius 2 is 1.71 bits per heavy atom. The van der Waals surface area contributed by atoms with Crippen LogP contribution in [0, 0.1) is 5.41 Å². The molecule has 0 aliphatic heterocycles. The molecule has 0 aromatic heterocycles. The van der Waals surface area contributed by atoms with E-state index in [1.54, 1.807) is 18.2 Å². The van der Waals surface area contributed by atoms with Crippen molar-refractivity contribution in [1.82, 2.24) is 0 Å². The van der Waals surface area contributed by atoms with Crippen molar-refractivity contribution >= 4 is 17.3 Å². The first kappa shape index (κ1) is 16.6. The minimum atomic E-state index is -5.08. The SMILES string of the molecule is CC(=O)/C(C(=N)C(F)(F)F)=C(/O)CC(=O)c1ccccc1. The van der Waals surface area contributed by atoms with E-state index >= 15 is 0 Å². The van der Waals surface area contributed by atoms with Crippen molar-refractivity contribution in [1.29, 1.82) is 5.41 Å². The van der Waals surface area contributed by atoms with Gasteiger partial charge in [-0.2, -0.15) is 13.2 Å². The molecule has 112 valence electrons. The molecule has 0 fully saturated rings. The molecule has 0 aliphatic rings. The molecular formula is C14H12F3NO3. The maximum absolute atomic E-state index is 12.5. The van der Waals surface area contributed by atoms with Crippen LogP contribution in [-0.4, -0.2) is 28.6 Å². The van der Waals surface area contributed by atoms with Crippen molar-refractivity contribution in [3.8, 4) is 0 Å². The Hall–Kier alpha value is -2.44. The van der Waals surface area contributed by atoms with Crippen molar-refractivity contribution in [2.45, 2.75) is 19.5 Å². The van der Waals surface area contributed by atoms with Crippen LogP contribution in [0.4, 0.5) is 13.2 Å². The van der Waals surface area contributed by atoms with Gasteiger partial charge in [0.1, 0.15) is 11.5 Å². The molecule has 0 amide bonds. The first-order chi connectivity index (χ1) is 9.64. The number of benzene rings is 1. The number of carbonyl (C=O) groups excluding carboxylic acids is 2. The molecule has 0 bridgehead atoms. The maximum atomic E-state index is 12.5.